The molecule has 7 heteroatoms. The van der Waals surface area contributed by atoms with Crippen LogP contribution < -0.4 is 5.19 Å². The molecule has 5 nitrogen and oxygen atoms in total. The monoisotopic (exact) mass is 324 g/mol. The summed E-state index contributed by atoms with van der Waals surface area (Å²) in [5.74, 6) is -2.08. The zero-order valence-electron chi connectivity index (χ0n) is 13.1. The van der Waals surface area contributed by atoms with Gasteiger partial charge >= 0.3 is 11.9 Å². The lowest BCUT2D eigenvalue weighted by atomic mass is 9.93. The van der Waals surface area contributed by atoms with E-state index in [-0.39, 0.29) is 20.9 Å². The zero-order chi connectivity index (χ0) is 16.5. The highest BCUT2D eigenvalue weighted by molar-refractivity contribution is 6.76. The molecule has 0 bridgehead atoms. The summed E-state index contributed by atoms with van der Waals surface area (Å²) in [5, 5.41) is 19.3. The predicted molar refractivity (Wildman–Crippen MR) is 84.4 cm³/mol. The van der Waals surface area contributed by atoms with Gasteiger partial charge in [-0.1, -0.05) is 0 Å². The van der Waals surface area contributed by atoms with Crippen LogP contribution in [0.5, 0.6) is 0 Å². The lowest BCUT2D eigenvalue weighted by Crippen LogP contribution is -2.38. The summed E-state index contributed by atoms with van der Waals surface area (Å²) < 4.78 is 5.83. The third kappa shape index (κ3) is 3.81. The van der Waals surface area contributed by atoms with Gasteiger partial charge in [-0.05, 0) is 62.3 Å². The molecule has 0 fully saturated rings. The van der Waals surface area contributed by atoms with Gasteiger partial charge in [-0.15, -0.1) is 0 Å². The van der Waals surface area contributed by atoms with Gasteiger partial charge < -0.3 is 14.3 Å². The summed E-state index contributed by atoms with van der Waals surface area (Å²) in [7, 11) is -1.98. The number of benzene rings is 1. The smallest absolute Gasteiger partial charge is 0.336 e. The van der Waals surface area contributed by atoms with Gasteiger partial charge in [0.1, 0.15) is 0 Å². The van der Waals surface area contributed by atoms with Crippen LogP contribution in [0.15, 0.2) is 0 Å². The van der Waals surface area contributed by atoms with Gasteiger partial charge in [0.2, 0.25) is 0 Å². The van der Waals surface area contributed by atoms with E-state index in [4.69, 9.17) is 4.12 Å². The van der Waals surface area contributed by atoms with Crippen molar-refractivity contribution in [3.8, 4) is 0 Å². The van der Waals surface area contributed by atoms with Crippen LogP contribution in [0, 0.1) is 20.8 Å². The van der Waals surface area contributed by atoms with Crippen molar-refractivity contribution >= 4 is 35.2 Å². The Balaban J connectivity index is 3.58. The molecular weight excluding hydrogens is 304 g/mol. The number of carboxylic acids is 2. The van der Waals surface area contributed by atoms with Gasteiger partial charge in [-0.2, -0.15) is 0 Å². The van der Waals surface area contributed by atoms with Gasteiger partial charge in [0, 0.05) is 0 Å². The van der Waals surface area contributed by atoms with E-state index in [2.05, 4.69) is 0 Å². The molecule has 1 aromatic rings. The van der Waals surface area contributed by atoms with Crippen molar-refractivity contribution in [1.29, 1.82) is 0 Å². The number of carbonyl (C=O) groups is 2. The Labute approximate surface area is 128 Å². The van der Waals surface area contributed by atoms with Gasteiger partial charge in [0.05, 0.1) is 11.1 Å². The highest BCUT2D eigenvalue weighted by atomic mass is 28.4. The first-order valence-corrected chi connectivity index (χ1v) is 10.8. The molecule has 2 N–H and O–H groups in total. The minimum Gasteiger partial charge on any atom is -0.478 e. The molecule has 0 aliphatic rings. The van der Waals surface area contributed by atoms with Crippen LogP contribution >= 0.6 is 0 Å². The van der Waals surface area contributed by atoms with Crippen LogP contribution in [0.2, 0.25) is 19.6 Å². The Morgan fingerprint density at radius 1 is 0.905 bits per heavy atom. The maximum Gasteiger partial charge on any atom is 0.336 e. The molecule has 1 rings (SSSR count). The normalized spacial score (nSPS) is 11.5. The van der Waals surface area contributed by atoms with Crippen molar-refractivity contribution in [1.82, 2.24) is 0 Å². The van der Waals surface area contributed by atoms with Gasteiger partial charge in [-0.3, -0.25) is 0 Å². The van der Waals surface area contributed by atoms with Crippen molar-refractivity contribution in [2.24, 2.45) is 0 Å². The third-order valence-electron chi connectivity index (χ3n) is 3.20. The summed E-state index contributed by atoms with van der Waals surface area (Å²) in [6.07, 6.45) is 0. The minimum atomic E-state index is -1.82. The van der Waals surface area contributed by atoms with Gasteiger partial charge in [0.25, 0.3) is 9.76 Å². The van der Waals surface area contributed by atoms with E-state index < -0.39 is 20.3 Å². The topological polar surface area (TPSA) is 83.8 Å². The second kappa shape index (κ2) is 6.12. The molecule has 0 amide bonds. The van der Waals surface area contributed by atoms with Crippen molar-refractivity contribution < 1.29 is 23.9 Å². The first kappa shape index (κ1) is 17.6. The highest BCUT2D eigenvalue weighted by Crippen LogP contribution is 2.21. The van der Waals surface area contributed by atoms with E-state index in [1.165, 1.54) is 0 Å². The quantitative estimate of drug-likeness (QED) is 0.810. The van der Waals surface area contributed by atoms with Gasteiger partial charge in [-0.25, -0.2) is 9.59 Å². The molecular formula is C14H20O5Si2. The summed E-state index contributed by atoms with van der Waals surface area (Å²) in [5.41, 5.74) is 1.83. The molecule has 0 atom stereocenters. The second-order valence-corrected chi connectivity index (χ2v) is 11.7. The van der Waals surface area contributed by atoms with E-state index >= 15 is 0 Å². The summed E-state index contributed by atoms with van der Waals surface area (Å²) in [6, 6.07) is 0. The maximum absolute atomic E-state index is 11.6. The molecule has 0 aliphatic carbocycles. The molecule has 0 saturated carbocycles. The Morgan fingerprint density at radius 2 is 1.33 bits per heavy atom. The number of hydrogen-bond donors (Lipinski definition) is 2. The number of aromatic carboxylic acids is 2. The van der Waals surface area contributed by atoms with Crippen LogP contribution in [-0.2, 0) is 4.12 Å². The molecule has 0 aliphatic heterocycles. The summed E-state index contributed by atoms with van der Waals surface area (Å²) in [4.78, 5) is 23.0. The van der Waals surface area contributed by atoms with Gasteiger partial charge in [0.15, 0.2) is 8.32 Å². The van der Waals surface area contributed by atoms with E-state index in [1.54, 1.807) is 20.8 Å². The maximum atomic E-state index is 11.6. The largest absolute Gasteiger partial charge is 0.478 e. The number of hydrogen-bond acceptors (Lipinski definition) is 3. The zero-order valence-corrected chi connectivity index (χ0v) is 15.1. The van der Waals surface area contributed by atoms with Crippen molar-refractivity contribution in [2.75, 3.05) is 0 Å². The standard InChI is InChI=1S/C14H20O5Si2/c1-7-8(2)11(14(17)18)12(20-19-21(4,5)6)9(3)10(7)13(15)16/h1-6H3,(H,15,16)(H,17,18). The number of carboxylic acid groups (broad SMARTS) is 2. The van der Waals surface area contributed by atoms with Crippen molar-refractivity contribution in [3.63, 3.8) is 0 Å². The minimum absolute atomic E-state index is 0.154. The first-order chi connectivity index (χ1) is 9.47. The molecule has 0 unspecified atom stereocenters. The Hall–Kier alpha value is -1.45. The fourth-order valence-corrected chi connectivity index (χ4v) is 4.38. The van der Waals surface area contributed by atoms with Crippen LogP contribution in [0.4, 0.5) is 0 Å². The third-order valence-corrected chi connectivity index (χ3v) is 6.89. The molecule has 114 valence electrons. The van der Waals surface area contributed by atoms with E-state index in [1.807, 2.05) is 19.6 Å². The molecule has 21 heavy (non-hydrogen) atoms. The Morgan fingerprint density at radius 3 is 1.71 bits per heavy atom. The average Bonchev–Trinajstić information content (AvgIpc) is 2.29. The predicted octanol–water partition coefficient (Wildman–Crippen LogP) is 2.10. The summed E-state index contributed by atoms with van der Waals surface area (Å²) in [6.45, 7) is 11.0. The fraction of sp³-hybridized carbons (Fsp3) is 0.429. The molecule has 0 spiro atoms. The molecule has 0 heterocycles. The van der Waals surface area contributed by atoms with E-state index in [0.29, 0.717) is 21.9 Å². The first-order valence-electron chi connectivity index (χ1n) is 6.51. The van der Waals surface area contributed by atoms with Crippen molar-refractivity contribution in [2.45, 2.75) is 40.4 Å². The Bertz CT molecular complexity index is 603. The lowest BCUT2D eigenvalue weighted by Gasteiger charge is -2.21. The molecule has 2 radical (unpaired) electrons. The van der Waals surface area contributed by atoms with Crippen LogP contribution in [0.1, 0.15) is 37.4 Å². The fourth-order valence-electron chi connectivity index (χ4n) is 2.08. The van der Waals surface area contributed by atoms with Crippen LogP contribution in [0.3, 0.4) is 0 Å². The molecule has 1 aromatic carbocycles. The summed E-state index contributed by atoms with van der Waals surface area (Å²) >= 11 is 0. The molecule has 0 aromatic heterocycles. The molecule has 0 saturated heterocycles. The lowest BCUT2D eigenvalue weighted by molar-refractivity contribution is 0.0680. The Kier molecular flexibility index (Phi) is 5.13. The SMILES string of the molecule is Cc1c(C)c(C(=O)O)c([Si]O[Si](C)(C)C)c(C)c1C(=O)O. The second-order valence-electron chi connectivity index (χ2n) is 5.93. The highest BCUT2D eigenvalue weighted by Gasteiger charge is 2.26. The average molecular weight is 324 g/mol. The van der Waals surface area contributed by atoms with Crippen LogP contribution in [-0.4, -0.2) is 40.2 Å². The van der Waals surface area contributed by atoms with E-state index in [9.17, 15) is 19.8 Å². The van der Waals surface area contributed by atoms with E-state index in [0.717, 1.165) is 0 Å². The van der Waals surface area contributed by atoms with Crippen molar-refractivity contribution in [3.05, 3.63) is 27.8 Å². The number of rotatable bonds is 5. The van der Waals surface area contributed by atoms with Crippen LogP contribution in [0.25, 0.3) is 0 Å².